The summed E-state index contributed by atoms with van der Waals surface area (Å²) in [5.74, 6) is -0.807. The fraction of sp³-hybridized carbons (Fsp3) is 0.613. The van der Waals surface area contributed by atoms with Crippen LogP contribution in [-0.4, -0.2) is 59.8 Å². The summed E-state index contributed by atoms with van der Waals surface area (Å²) in [5, 5.41) is 20.5. The van der Waals surface area contributed by atoms with Crippen LogP contribution in [0, 0.1) is 17.8 Å². The number of phenols is 1. The van der Waals surface area contributed by atoms with Crippen molar-refractivity contribution in [3.63, 3.8) is 0 Å². The van der Waals surface area contributed by atoms with Gasteiger partial charge in [0.05, 0.1) is 24.5 Å². The standard InChI is InChI=1S/C31H42BNO6/c1-3-7-20(16-21-10-13-24(34)14-11-21)12-15-27-28-22(19-38-2)17-25-29(26(28)18-32(37)39-27)31(36)33(30(25)35)23-8-5-4-6-9-23/h10-11,13-14,16,23,25-27,29,34,37H,3-9,12,15,17-19H2,1-2H3/b20-16+/t25-,26+,27-,29-/m1/s1. The van der Waals surface area contributed by atoms with Crippen molar-refractivity contribution in [2.45, 2.75) is 89.6 Å². The topological polar surface area (TPSA) is 96.3 Å². The third-order valence-corrected chi connectivity index (χ3v) is 9.16. The Morgan fingerprint density at radius 3 is 2.54 bits per heavy atom. The van der Waals surface area contributed by atoms with Gasteiger partial charge in [0, 0.05) is 13.2 Å². The molecule has 2 saturated heterocycles. The fourth-order valence-electron chi connectivity index (χ4n) is 7.51. The molecule has 1 aromatic carbocycles. The van der Waals surface area contributed by atoms with E-state index in [9.17, 15) is 19.7 Å². The summed E-state index contributed by atoms with van der Waals surface area (Å²) in [6.07, 6.45) is 11.2. The molecular weight excluding hydrogens is 493 g/mol. The van der Waals surface area contributed by atoms with Crippen LogP contribution in [0.2, 0.25) is 6.32 Å². The summed E-state index contributed by atoms with van der Waals surface area (Å²) >= 11 is 0. The second kappa shape index (κ2) is 12.4. The fourth-order valence-corrected chi connectivity index (χ4v) is 7.51. The number of allylic oxidation sites excluding steroid dienone is 1. The highest BCUT2D eigenvalue weighted by atomic mass is 16.5. The first-order valence-corrected chi connectivity index (χ1v) is 14.8. The zero-order chi connectivity index (χ0) is 27.5. The van der Waals surface area contributed by atoms with Crippen LogP contribution in [0.25, 0.3) is 6.08 Å². The molecule has 2 heterocycles. The summed E-state index contributed by atoms with van der Waals surface area (Å²) in [4.78, 5) is 29.1. The van der Waals surface area contributed by atoms with Gasteiger partial charge in [-0.05, 0) is 79.6 Å². The maximum absolute atomic E-state index is 13.9. The molecule has 3 fully saturated rings. The normalized spacial score (nSPS) is 28.2. The average molecular weight is 535 g/mol. The number of carbonyl (C=O) groups excluding carboxylic acids is 2. The van der Waals surface area contributed by atoms with E-state index in [1.165, 1.54) is 5.57 Å². The van der Waals surface area contributed by atoms with Crippen LogP contribution in [0.5, 0.6) is 5.75 Å². The maximum Gasteiger partial charge on any atom is 0.455 e. The number of phenolic OH excluding ortho intramolecular Hbond substituents is 1. The van der Waals surface area contributed by atoms with Gasteiger partial charge in [0.2, 0.25) is 11.8 Å². The number of likely N-dealkylation sites (tertiary alicyclic amines) is 1. The van der Waals surface area contributed by atoms with Crippen LogP contribution < -0.4 is 0 Å². The van der Waals surface area contributed by atoms with E-state index in [0.717, 1.165) is 68.1 Å². The first-order chi connectivity index (χ1) is 18.9. The molecule has 0 bridgehead atoms. The minimum Gasteiger partial charge on any atom is -0.508 e. The van der Waals surface area contributed by atoms with Gasteiger partial charge in [-0.2, -0.15) is 0 Å². The smallest absolute Gasteiger partial charge is 0.455 e. The number of rotatable bonds is 9. The first kappa shape index (κ1) is 28.1. The molecule has 8 heteroatoms. The summed E-state index contributed by atoms with van der Waals surface area (Å²) in [5.41, 5.74) is 4.46. The van der Waals surface area contributed by atoms with Gasteiger partial charge in [-0.1, -0.05) is 56.4 Å². The van der Waals surface area contributed by atoms with Crippen LogP contribution in [0.4, 0.5) is 0 Å². The Hall–Kier alpha value is -2.42. The maximum atomic E-state index is 13.9. The Bertz CT molecular complexity index is 1110. The van der Waals surface area contributed by atoms with Crippen molar-refractivity contribution in [3.8, 4) is 5.75 Å². The lowest BCUT2D eigenvalue weighted by Crippen LogP contribution is -2.47. The molecule has 2 aliphatic carbocycles. The van der Waals surface area contributed by atoms with E-state index in [0.29, 0.717) is 25.8 Å². The van der Waals surface area contributed by atoms with Crippen LogP contribution in [0.3, 0.4) is 0 Å². The number of hydrogen-bond acceptors (Lipinski definition) is 6. The molecule has 0 spiro atoms. The van der Waals surface area contributed by atoms with Crippen LogP contribution >= 0.6 is 0 Å². The van der Waals surface area contributed by atoms with Gasteiger partial charge in [-0.15, -0.1) is 0 Å². The van der Waals surface area contributed by atoms with Gasteiger partial charge in [0.25, 0.3) is 0 Å². The molecular formula is C31H42BNO6. The van der Waals surface area contributed by atoms with E-state index in [1.54, 1.807) is 24.1 Å². The molecule has 7 nitrogen and oxygen atoms in total. The van der Waals surface area contributed by atoms with Crippen LogP contribution in [0.1, 0.15) is 76.7 Å². The SMILES string of the molecule is CCC/C(=C\c1ccc(O)cc1)CC[C@H]1OB(O)C[C@H]2C1=C(COC)C[C@H]1C(=O)N(C3CCCCC3)C(=O)[C@H]12. The number of nitrogens with zero attached hydrogens (tertiary/aromatic N) is 1. The molecule has 39 heavy (non-hydrogen) atoms. The van der Waals surface area contributed by atoms with Crippen molar-refractivity contribution in [3.05, 3.63) is 46.5 Å². The molecule has 1 saturated carbocycles. The van der Waals surface area contributed by atoms with Gasteiger partial charge in [-0.3, -0.25) is 14.5 Å². The van der Waals surface area contributed by atoms with Crippen molar-refractivity contribution in [1.82, 2.24) is 4.90 Å². The Kier molecular flexibility index (Phi) is 8.94. The molecule has 4 aliphatic rings. The Balaban J connectivity index is 1.41. The summed E-state index contributed by atoms with van der Waals surface area (Å²) < 4.78 is 11.7. The minimum atomic E-state index is -0.964. The number of ether oxygens (including phenoxy) is 1. The number of hydrogen-bond donors (Lipinski definition) is 2. The highest BCUT2D eigenvalue weighted by molar-refractivity contribution is 6.43. The molecule has 210 valence electrons. The Labute approximate surface area is 232 Å². The largest absolute Gasteiger partial charge is 0.508 e. The molecule has 5 rings (SSSR count). The molecule has 2 amide bonds. The number of fused-ring (bicyclic) bond motifs is 3. The second-order valence-electron chi connectivity index (χ2n) is 11.8. The van der Waals surface area contributed by atoms with E-state index in [1.807, 2.05) is 12.1 Å². The third kappa shape index (κ3) is 5.89. The van der Waals surface area contributed by atoms with Crippen molar-refractivity contribution in [2.24, 2.45) is 17.8 Å². The zero-order valence-corrected chi connectivity index (χ0v) is 23.3. The van der Waals surface area contributed by atoms with Gasteiger partial charge < -0.3 is 19.5 Å². The zero-order valence-electron chi connectivity index (χ0n) is 23.3. The number of methoxy groups -OCH3 is 1. The van der Waals surface area contributed by atoms with E-state index < -0.39 is 13.0 Å². The third-order valence-electron chi connectivity index (χ3n) is 9.16. The summed E-state index contributed by atoms with van der Waals surface area (Å²) in [6.45, 7) is 2.56. The van der Waals surface area contributed by atoms with Crippen LogP contribution in [-0.2, 0) is 19.0 Å². The average Bonchev–Trinajstić information content (AvgIpc) is 3.18. The molecule has 2 aliphatic heterocycles. The quantitative estimate of drug-likeness (QED) is 0.259. The van der Waals surface area contributed by atoms with E-state index in [4.69, 9.17) is 9.39 Å². The van der Waals surface area contributed by atoms with Crippen molar-refractivity contribution in [2.75, 3.05) is 13.7 Å². The lowest BCUT2D eigenvalue weighted by Gasteiger charge is -2.43. The molecule has 2 N–H and O–H groups in total. The van der Waals surface area contributed by atoms with Gasteiger partial charge >= 0.3 is 7.12 Å². The van der Waals surface area contributed by atoms with E-state index in [2.05, 4.69) is 13.0 Å². The number of aromatic hydroxyl groups is 1. The van der Waals surface area contributed by atoms with Gasteiger partial charge in [0.1, 0.15) is 5.75 Å². The van der Waals surface area contributed by atoms with Crippen molar-refractivity contribution >= 4 is 25.0 Å². The molecule has 0 aromatic heterocycles. The van der Waals surface area contributed by atoms with E-state index in [-0.39, 0.29) is 41.5 Å². The van der Waals surface area contributed by atoms with Crippen LogP contribution in [0.15, 0.2) is 41.0 Å². The Morgan fingerprint density at radius 1 is 1.10 bits per heavy atom. The number of amides is 2. The number of imide groups is 1. The highest BCUT2D eigenvalue weighted by Crippen LogP contribution is 2.51. The Morgan fingerprint density at radius 2 is 1.85 bits per heavy atom. The summed E-state index contributed by atoms with van der Waals surface area (Å²) in [7, 11) is 0.700. The highest BCUT2D eigenvalue weighted by Gasteiger charge is 2.58. The molecule has 0 unspecified atom stereocenters. The minimum absolute atomic E-state index is 0.0147. The number of benzene rings is 1. The lowest BCUT2D eigenvalue weighted by molar-refractivity contribution is -0.143. The predicted molar refractivity (Wildman–Crippen MR) is 151 cm³/mol. The monoisotopic (exact) mass is 535 g/mol. The first-order valence-electron chi connectivity index (χ1n) is 14.8. The van der Waals surface area contributed by atoms with Gasteiger partial charge in [-0.25, -0.2) is 0 Å². The van der Waals surface area contributed by atoms with Crippen molar-refractivity contribution in [1.29, 1.82) is 0 Å². The predicted octanol–water partition coefficient (Wildman–Crippen LogP) is 5.13. The van der Waals surface area contributed by atoms with Gasteiger partial charge in [0.15, 0.2) is 0 Å². The summed E-state index contributed by atoms with van der Waals surface area (Å²) in [6, 6.07) is 7.21. The second-order valence-corrected chi connectivity index (χ2v) is 11.8. The molecule has 0 radical (unpaired) electrons. The molecule has 4 atom stereocenters. The number of carbonyl (C=O) groups is 2. The van der Waals surface area contributed by atoms with Crippen molar-refractivity contribution < 1.29 is 29.1 Å². The lowest BCUT2D eigenvalue weighted by atomic mass is 9.58. The molecule has 1 aromatic rings. The van der Waals surface area contributed by atoms with E-state index >= 15 is 0 Å².